The third-order valence-corrected chi connectivity index (χ3v) is 6.42. The van der Waals surface area contributed by atoms with E-state index in [1.165, 1.54) is 6.42 Å². The first-order chi connectivity index (χ1) is 10.7. The predicted molar refractivity (Wildman–Crippen MR) is 92.6 cm³/mol. The molecule has 23 heavy (non-hydrogen) atoms. The minimum absolute atomic E-state index is 0.0279. The van der Waals surface area contributed by atoms with E-state index in [0.717, 1.165) is 25.7 Å². The molecule has 1 amide bonds. The number of aliphatic hydroxyl groups excluding tert-OH is 1. The van der Waals surface area contributed by atoms with Gasteiger partial charge in [0.15, 0.2) is 0 Å². The van der Waals surface area contributed by atoms with Gasteiger partial charge in [0.1, 0.15) is 0 Å². The summed E-state index contributed by atoms with van der Waals surface area (Å²) in [5.74, 6) is 0.285. The highest BCUT2D eigenvalue weighted by Gasteiger charge is 2.28. The van der Waals surface area contributed by atoms with Crippen LogP contribution in [0.15, 0.2) is 0 Å². The monoisotopic (exact) mass is 348 g/mol. The van der Waals surface area contributed by atoms with Crippen molar-refractivity contribution in [3.05, 3.63) is 0 Å². The van der Waals surface area contributed by atoms with Gasteiger partial charge < -0.3 is 21.1 Å². The van der Waals surface area contributed by atoms with Crippen molar-refractivity contribution in [2.24, 2.45) is 17.6 Å². The highest BCUT2D eigenvalue weighted by molar-refractivity contribution is 7.58. The van der Waals surface area contributed by atoms with Gasteiger partial charge in [-0.1, -0.05) is 33.1 Å². The molecule has 0 saturated heterocycles. The summed E-state index contributed by atoms with van der Waals surface area (Å²) in [4.78, 5) is 21.9. The first kappa shape index (κ1) is 20.6. The van der Waals surface area contributed by atoms with Crippen molar-refractivity contribution in [2.75, 3.05) is 18.9 Å². The van der Waals surface area contributed by atoms with Gasteiger partial charge in [0.05, 0.1) is 18.3 Å². The minimum Gasteiger partial charge on any atom is -0.391 e. The van der Waals surface area contributed by atoms with E-state index in [4.69, 9.17) is 5.73 Å². The number of rotatable bonds is 9. The van der Waals surface area contributed by atoms with Crippen molar-refractivity contribution >= 4 is 13.3 Å². The fraction of sp³-hybridized carbons (Fsp3) is 0.938. The molecule has 5 N–H and O–H groups in total. The van der Waals surface area contributed by atoms with Crippen LogP contribution in [0.1, 0.15) is 52.4 Å². The Balaban J connectivity index is 2.32. The molecule has 0 aromatic carbocycles. The Morgan fingerprint density at radius 3 is 2.48 bits per heavy atom. The summed E-state index contributed by atoms with van der Waals surface area (Å²) in [5.41, 5.74) is 5.76. The van der Waals surface area contributed by atoms with Gasteiger partial charge in [-0.2, -0.15) is 0 Å². The molecule has 1 rings (SSSR count). The molecule has 1 saturated carbocycles. The number of carbonyl (C=O) groups is 1. The molecule has 1 unspecified atom stereocenters. The fourth-order valence-corrected chi connectivity index (χ4v) is 5.31. The molecule has 0 spiro atoms. The molecule has 0 radical (unpaired) electrons. The molecule has 3 atom stereocenters. The van der Waals surface area contributed by atoms with Crippen molar-refractivity contribution in [3.8, 4) is 0 Å². The van der Waals surface area contributed by atoms with Crippen molar-refractivity contribution in [1.29, 1.82) is 0 Å². The lowest BCUT2D eigenvalue weighted by atomic mass is 9.91. The number of aliphatic hydroxyl groups is 1. The first-order valence-electron chi connectivity index (χ1n) is 8.72. The fourth-order valence-electron chi connectivity index (χ4n) is 3.21. The molecule has 0 aromatic rings. The van der Waals surface area contributed by atoms with Crippen molar-refractivity contribution in [3.63, 3.8) is 0 Å². The maximum Gasteiger partial charge on any atom is 0.237 e. The Labute approximate surface area is 139 Å². The van der Waals surface area contributed by atoms with Crippen molar-refractivity contribution in [1.82, 2.24) is 5.32 Å². The van der Waals surface area contributed by atoms with Crippen molar-refractivity contribution in [2.45, 2.75) is 64.5 Å². The summed E-state index contributed by atoms with van der Waals surface area (Å²) in [6.45, 7) is 3.93. The van der Waals surface area contributed by atoms with Crippen LogP contribution in [0.2, 0.25) is 0 Å². The summed E-state index contributed by atoms with van der Waals surface area (Å²) in [7, 11) is -3.36. The first-order valence-corrected chi connectivity index (χ1v) is 10.7. The molecular formula is C16H33N2O4P. The lowest BCUT2D eigenvalue weighted by molar-refractivity contribution is -0.123. The molecule has 0 bridgehead atoms. The second-order valence-electron chi connectivity index (χ2n) is 7.35. The molecular weight excluding hydrogens is 315 g/mol. The van der Waals surface area contributed by atoms with Crippen LogP contribution in [0.3, 0.4) is 0 Å². The van der Waals surface area contributed by atoms with Gasteiger partial charge in [-0.25, -0.2) is 0 Å². The lowest BCUT2D eigenvalue weighted by Gasteiger charge is -2.25. The SMILES string of the molecule is CC(C)C[C@H](N)C(=O)NC[C@@H](O)CP(=O)(O)CC1CCCCC1. The molecule has 1 aliphatic carbocycles. The van der Waals surface area contributed by atoms with Crippen LogP contribution in [0.4, 0.5) is 0 Å². The maximum absolute atomic E-state index is 12.3. The maximum atomic E-state index is 12.3. The topological polar surface area (TPSA) is 113 Å². The molecule has 1 aliphatic rings. The highest BCUT2D eigenvalue weighted by atomic mass is 31.2. The van der Waals surface area contributed by atoms with E-state index in [1.807, 2.05) is 13.8 Å². The highest BCUT2D eigenvalue weighted by Crippen LogP contribution is 2.45. The molecule has 0 heterocycles. The van der Waals surface area contributed by atoms with E-state index < -0.39 is 19.5 Å². The second kappa shape index (κ2) is 9.77. The summed E-state index contributed by atoms with van der Waals surface area (Å²) in [6.07, 6.45) is 5.13. The van der Waals surface area contributed by atoms with Crippen LogP contribution < -0.4 is 11.1 Å². The zero-order valence-corrected chi connectivity index (χ0v) is 15.3. The summed E-state index contributed by atoms with van der Waals surface area (Å²) in [6, 6.07) is -0.606. The minimum atomic E-state index is -3.36. The van der Waals surface area contributed by atoms with E-state index in [-0.39, 0.29) is 24.8 Å². The smallest absolute Gasteiger partial charge is 0.237 e. The molecule has 6 nitrogen and oxygen atoms in total. The summed E-state index contributed by atoms with van der Waals surface area (Å²) in [5, 5.41) is 12.5. The molecule has 0 aliphatic heterocycles. The van der Waals surface area contributed by atoms with E-state index >= 15 is 0 Å². The van der Waals surface area contributed by atoms with Crippen LogP contribution >= 0.6 is 7.37 Å². The largest absolute Gasteiger partial charge is 0.391 e. The molecule has 136 valence electrons. The Morgan fingerprint density at radius 1 is 1.30 bits per heavy atom. The number of amides is 1. The Kier molecular flexibility index (Phi) is 8.76. The number of hydrogen-bond donors (Lipinski definition) is 4. The van der Waals surface area contributed by atoms with Crippen LogP contribution in [-0.4, -0.2) is 46.9 Å². The average molecular weight is 348 g/mol. The normalized spacial score (nSPS) is 21.7. The van der Waals surface area contributed by atoms with Gasteiger partial charge in [-0.3, -0.25) is 9.36 Å². The molecule has 7 heteroatoms. The van der Waals surface area contributed by atoms with E-state index in [0.29, 0.717) is 18.3 Å². The summed E-state index contributed by atoms with van der Waals surface area (Å²) < 4.78 is 12.3. The Morgan fingerprint density at radius 2 is 1.91 bits per heavy atom. The number of nitrogens with one attached hydrogen (secondary N) is 1. The van der Waals surface area contributed by atoms with Gasteiger partial charge in [0.25, 0.3) is 0 Å². The lowest BCUT2D eigenvalue weighted by Crippen LogP contribution is -2.44. The predicted octanol–water partition coefficient (Wildman–Crippen LogP) is 1.69. The van der Waals surface area contributed by atoms with Gasteiger partial charge in [-0.15, -0.1) is 0 Å². The standard InChI is InChI=1S/C16H33N2O4P/c1-12(2)8-15(17)16(20)18-9-14(19)11-23(21,22)10-13-6-4-3-5-7-13/h12-15,19H,3-11,17H2,1-2H3,(H,18,20)(H,21,22)/t14-,15+/m1/s1. The van der Waals surface area contributed by atoms with Crippen LogP contribution in [0, 0.1) is 11.8 Å². The quantitative estimate of drug-likeness (QED) is 0.474. The third-order valence-electron chi connectivity index (χ3n) is 4.34. The molecule has 0 aromatic heterocycles. The summed E-state index contributed by atoms with van der Waals surface area (Å²) >= 11 is 0. The van der Waals surface area contributed by atoms with Gasteiger partial charge in [0.2, 0.25) is 13.3 Å². The van der Waals surface area contributed by atoms with Crippen LogP contribution in [-0.2, 0) is 9.36 Å². The Hall–Kier alpha value is -0.420. The number of carbonyl (C=O) groups excluding carboxylic acids is 1. The second-order valence-corrected chi connectivity index (χ2v) is 9.77. The van der Waals surface area contributed by atoms with Crippen LogP contribution in [0.25, 0.3) is 0 Å². The van der Waals surface area contributed by atoms with Crippen molar-refractivity contribution < 1.29 is 19.4 Å². The van der Waals surface area contributed by atoms with Gasteiger partial charge in [0, 0.05) is 12.7 Å². The van der Waals surface area contributed by atoms with Gasteiger partial charge >= 0.3 is 0 Å². The van der Waals surface area contributed by atoms with Gasteiger partial charge in [-0.05, 0) is 31.1 Å². The van der Waals surface area contributed by atoms with E-state index in [1.54, 1.807) is 0 Å². The number of hydrogen-bond acceptors (Lipinski definition) is 4. The van der Waals surface area contributed by atoms with E-state index in [2.05, 4.69) is 5.32 Å². The molecule has 1 fully saturated rings. The number of nitrogens with two attached hydrogens (primary N) is 1. The Bertz CT molecular complexity index is 411. The third kappa shape index (κ3) is 8.85. The average Bonchev–Trinajstić information content (AvgIpc) is 2.43. The zero-order valence-electron chi connectivity index (χ0n) is 14.4. The van der Waals surface area contributed by atoms with E-state index in [9.17, 15) is 19.4 Å². The van der Waals surface area contributed by atoms with Crippen LogP contribution in [0.5, 0.6) is 0 Å². The zero-order chi connectivity index (χ0) is 17.5.